The minimum atomic E-state index is 0.355. The third-order valence-corrected chi connectivity index (χ3v) is 3.47. The SMILES string of the molecule is COc1ccc(OC)c(C(C)C/C=C\c2ccncc2)c1. The first-order valence-corrected chi connectivity index (χ1v) is 7.03. The molecule has 0 N–H and O–H groups in total. The fourth-order valence-corrected chi connectivity index (χ4v) is 2.23. The zero-order valence-electron chi connectivity index (χ0n) is 12.7. The van der Waals surface area contributed by atoms with E-state index in [-0.39, 0.29) is 0 Å². The van der Waals surface area contributed by atoms with Gasteiger partial charge in [0.2, 0.25) is 0 Å². The van der Waals surface area contributed by atoms with Crippen LogP contribution in [0.5, 0.6) is 11.5 Å². The Hall–Kier alpha value is -2.29. The lowest BCUT2D eigenvalue weighted by molar-refractivity contribution is 0.396. The highest BCUT2D eigenvalue weighted by atomic mass is 16.5. The van der Waals surface area contributed by atoms with Crippen LogP contribution >= 0.6 is 0 Å². The second kappa shape index (κ2) is 7.48. The van der Waals surface area contributed by atoms with Crippen molar-refractivity contribution in [3.8, 4) is 11.5 Å². The van der Waals surface area contributed by atoms with Gasteiger partial charge in [0.15, 0.2) is 0 Å². The lowest BCUT2D eigenvalue weighted by atomic mass is 9.96. The van der Waals surface area contributed by atoms with E-state index in [1.807, 2.05) is 30.3 Å². The van der Waals surface area contributed by atoms with E-state index in [1.165, 1.54) is 0 Å². The molecule has 1 aromatic carbocycles. The van der Waals surface area contributed by atoms with E-state index in [0.717, 1.165) is 29.0 Å². The Bertz CT molecular complexity index is 593. The van der Waals surface area contributed by atoms with Gasteiger partial charge in [0.25, 0.3) is 0 Å². The minimum absolute atomic E-state index is 0.355. The van der Waals surface area contributed by atoms with Crippen molar-refractivity contribution in [2.45, 2.75) is 19.3 Å². The van der Waals surface area contributed by atoms with Gasteiger partial charge in [0.1, 0.15) is 11.5 Å². The quantitative estimate of drug-likeness (QED) is 0.791. The van der Waals surface area contributed by atoms with Crippen LogP contribution in [0.1, 0.15) is 30.4 Å². The summed E-state index contributed by atoms with van der Waals surface area (Å²) in [7, 11) is 3.38. The Morgan fingerprint density at radius 3 is 2.52 bits per heavy atom. The first-order chi connectivity index (χ1) is 10.2. The molecule has 1 unspecified atom stereocenters. The maximum absolute atomic E-state index is 5.44. The predicted molar refractivity (Wildman–Crippen MR) is 85.8 cm³/mol. The molecule has 0 saturated carbocycles. The zero-order chi connectivity index (χ0) is 15.1. The molecule has 0 radical (unpaired) electrons. The number of nitrogens with zero attached hydrogens (tertiary/aromatic N) is 1. The summed E-state index contributed by atoms with van der Waals surface area (Å²) in [4.78, 5) is 4.01. The van der Waals surface area contributed by atoms with E-state index in [9.17, 15) is 0 Å². The Labute approximate surface area is 126 Å². The number of pyridine rings is 1. The molecule has 3 heteroatoms. The Balaban J connectivity index is 2.09. The van der Waals surface area contributed by atoms with Crippen LogP contribution in [0.15, 0.2) is 48.8 Å². The molecular formula is C18H21NO2. The number of methoxy groups -OCH3 is 2. The van der Waals surface area contributed by atoms with Gasteiger partial charge in [-0.2, -0.15) is 0 Å². The van der Waals surface area contributed by atoms with Crippen LogP contribution in [0.2, 0.25) is 0 Å². The van der Waals surface area contributed by atoms with Crippen LogP contribution in [-0.4, -0.2) is 19.2 Å². The van der Waals surface area contributed by atoms with Crippen molar-refractivity contribution in [1.29, 1.82) is 0 Å². The van der Waals surface area contributed by atoms with Gasteiger partial charge in [0, 0.05) is 18.0 Å². The van der Waals surface area contributed by atoms with Crippen LogP contribution in [0, 0.1) is 0 Å². The summed E-state index contributed by atoms with van der Waals surface area (Å²) in [5.41, 5.74) is 2.33. The number of hydrogen-bond donors (Lipinski definition) is 0. The van der Waals surface area contributed by atoms with Gasteiger partial charge in [0.05, 0.1) is 14.2 Å². The molecule has 1 aromatic heterocycles. The van der Waals surface area contributed by atoms with Crippen molar-refractivity contribution < 1.29 is 9.47 Å². The second-order valence-electron chi connectivity index (χ2n) is 4.93. The van der Waals surface area contributed by atoms with Gasteiger partial charge < -0.3 is 9.47 Å². The molecule has 110 valence electrons. The molecular weight excluding hydrogens is 262 g/mol. The van der Waals surface area contributed by atoms with Crippen molar-refractivity contribution >= 4 is 6.08 Å². The Morgan fingerprint density at radius 1 is 1.10 bits per heavy atom. The van der Waals surface area contributed by atoms with Gasteiger partial charge in [-0.05, 0) is 48.2 Å². The van der Waals surface area contributed by atoms with Gasteiger partial charge in [-0.15, -0.1) is 0 Å². The summed E-state index contributed by atoms with van der Waals surface area (Å²) in [5, 5.41) is 0. The lowest BCUT2D eigenvalue weighted by Crippen LogP contribution is -1.98. The van der Waals surface area contributed by atoms with E-state index in [1.54, 1.807) is 26.6 Å². The fourth-order valence-electron chi connectivity index (χ4n) is 2.23. The van der Waals surface area contributed by atoms with Gasteiger partial charge in [-0.25, -0.2) is 0 Å². The van der Waals surface area contributed by atoms with E-state index in [0.29, 0.717) is 5.92 Å². The van der Waals surface area contributed by atoms with Crippen LogP contribution < -0.4 is 9.47 Å². The zero-order valence-corrected chi connectivity index (χ0v) is 12.7. The highest BCUT2D eigenvalue weighted by molar-refractivity contribution is 5.48. The highest BCUT2D eigenvalue weighted by Crippen LogP contribution is 2.32. The number of allylic oxidation sites excluding steroid dienone is 1. The number of ether oxygens (including phenoxy) is 2. The first kappa shape index (κ1) is 15.1. The average molecular weight is 283 g/mol. The van der Waals surface area contributed by atoms with E-state index >= 15 is 0 Å². The van der Waals surface area contributed by atoms with Crippen LogP contribution in [0.3, 0.4) is 0 Å². The molecule has 0 saturated heterocycles. The third-order valence-electron chi connectivity index (χ3n) is 3.47. The van der Waals surface area contributed by atoms with Gasteiger partial charge in [-0.3, -0.25) is 4.98 Å². The summed E-state index contributed by atoms with van der Waals surface area (Å²) < 4.78 is 10.7. The summed E-state index contributed by atoms with van der Waals surface area (Å²) >= 11 is 0. The number of rotatable bonds is 6. The Kier molecular flexibility index (Phi) is 5.38. The van der Waals surface area contributed by atoms with Crippen molar-refractivity contribution in [2.75, 3.05) is 14.2 Å². The van der Waals surface area contributed by atoms with Crippen molar-refractivity contribution in [3.05, 3.63) is 59.9 Å². The van der Waals surface area contributed by atoms with Gasteiger partial charge >= 0.3 is 0 Å². The van der Waals surface area contributed by atoms with Crippen molar-refractivity contribution in [1.82, 2.24) is 4.98 Å². The van der Waals surface area contributed by atoms with Crippen LogP contribution in [0.25, 0.3) is 6.08 Å². The highest BCUT2D eigenvalue weighted by Gasteiger charge is 2.11. The predicted octanol–water partition coefficient (Wildman–Crippen LogP) is 4.31. The molecule has 0 aliphatic rings. The number of aromatic nitrogens is 1. The molecule has 0 amide bonds. The molecule has 0 aliphatic carbocycles. The monoisotopic (exact) mass is 283 g/mol. The summed E-state index contributed by atoms with van der Waals surface area (Å²) in [5.74, 6) is 2.12. The minimum Gasteiger partial charge on any atom is -0.497 e. The summed E-state index contributed by atoms with van der Waals surface area (Å²) in [6.45, 7) is 2.19. The molecule has 21 heavy (non-hydrogen) atoms. The summed E-state index contributed by atoms with van der Waals surface area (Å²) in [6.07, 6.45) is 8.83. The topological polar surface area (TPSA) is 31.4 Å². The van der Waals surface area contributed by atoms with Crippen molar-refractivity contribution in [3.63, 3.8) is 0 Å². The van der Waals surface area contributed by atoms with Gasteiger partial charge in [-0.1, -0.05) is 19.1 Å². The molecule has 1 heterocycles. The molecule has 3 nitrogen and oxygen atoms in total. The fraction of sp³-hybridized carbons (Fsp3) is 0.278. The van der Waals surface area contributed by atoms with Crippen LogP contribution in [-0.2, 0) is 0 Å². The molecule has 0 bridgehead atoms. The van der Waals surface area contributed by atoms with E-state index < -0.39 is 0 Å². The third kappa shape index (κ3) is 4.09. The first-order valence-electron chi connectivity index (χ1n) is 7.03. The van der Waals surface area contributed by atoms with Crippen molar-refractivity contribution in [2.24, 2.45) is 0 Å². The maximum Gasteiger partial charge on any atom is 0.122 e. The molecule has 0 aliphatic heterocycles. The lowest BCUT2D eigenvalue weighted by Gasteiger charge is -2.15. The molecule has 2 rings (SSSR count). The number of benzene rings is 1. The Morgan fingerprint density at radius 2 is 1.86 bits per heavy atom. The maximum atomic E-state index is 5.44. The second-order valence-corrected chi connectivity index (χ2v) is 4.93. The molecule has 0 spiro atoms. The molecule has 0 fully saturated rings. The van der Waals surface area contributed by atoms with Crippen LogP contribution in [0.4, 0.5) is 0 Å². The average Bonchev–Trinajstić information content (AvgIpc) is 2.55. The van der Waals surface area contributed by atoms with E-state index in [2.05, 4.69) is 24.1 Å². The molecule has 2 aromatic rings. The molecule has 1 atom stereocenters. The standard InChI is InChI=1S/C18H21NO2/c1-14(5-4-6-15-9-11-19-12-10-15)17-13-16(20-2)7-8-18(17)21-3/h4,6-14H,5H2,1-3H3/b6-4-. The largest absolute Gasteiger partial charge is 0.497 e. The normalized spacial score (nSPS) is 12.3. The summed E-state index contributed by atoms with van der Waals surface area (Å²) in [6, 6.07) is 9.91. The smallest absolute Gasteiger partial charge is 0.122 e. The number of hydrogen-bond acceptors (Lipinski definition) is 3. The van der Waals surface area contributed by atoms with E-state index in [4.69, 9.17) is 9.47 Å².